The van der Waals surface area contributed by atoms with Crippen LogP contribution in [-0.2, 0) is 4.79 Å². The smallest absolute Gasteiger partial charge is 0.233 e. The van der Waals surface area contributed by atoms with Crippen LogP contribution in [0.4, 0.5) is 0 Å². The molecule has 0 radical (unpaired) electrons. The lowest BCUT2D eigenvalue weighted by Crippen LogP contribution is -2.35. The number of aromatic hydroxyl groups is 1. The van der Waals surface area contributed by atoms with Crippen molar-refractivity contribution in [3.05, 3.63) is 28.8 Å². The normalized spacial score (nSPS) is 21.2. The van der Waals surface area contributed by atoms with Crippen molar-refractivity contribution in [1.29, 1.82) is 0 Å². The molecular formula is C15H22N2O2. The van der Waals surface area contributed by atoms with Crippen LogP contribution in [0, 0.1) is 6.92 Å². The van der Waals surface area contributed by atoms with Gasteiger partial charge >= 0.3 is 0 Å². The molecule has 2 rings (SSSR count). The van der Waals surface area contributed by atoms with Crippen LogP contribution in [0.2, 0.25) is 0 Å². The summed E-state index contributed by atoms with van der Waals surface area (Å²) >= 11 is 0. The molecule has 0 heterocycles. The van der Waals surface area contributed by atoms with Gasteiger partial charge < -0.3 is 15.7 Å². The molecule has 0 bridgehead atoms. The van der Waals surface area contributed by atoms with Crippen molar-refractivity contribution in [1.82, 2.24) is 10.6 Å². The first kappa shape index (κ1) is 13.9. The van der Waals surface area contributed by atoms with Crippen LogP contribution >= 0.6 is 0 Å². The van der Waals surface area contributed by atoms with Gasteiger partial charge in [-0.15, -0.1) is 0 Å². The zero-order valence-corrected chi connectivity index (χ0v) is 11.8. The monoisotopic (exact) mass is 262 g/mol. The van der Waals surface area contributed by atoms with E-state index in [1.807, 2.05) is 13.0 Å². The number of nitrogens with one attached hydrogen (secondary N) is 2. The summed E-state index contributed by atoms with van der Waals surface area (Å²) in [6.45, 7) is 7.07. The predicted molar refractivity (Wildman–Crippen MR) is 75.3 cm³/mol. The topological polar surface area (TPSA) is 61.4 Å². The Balaban J connectivity index is 2.15. The Labute approximate surface area is 114 Å². The molecule has 4 nitrogen and oxygen atoms in total. The first-order valence-corrected chi connectivity index (χ1v) is 6.87. The second-order valence-corrected chi connectivity index (χ2v) is 5.25. The maximum absolute atomic E-state index is 11.5. The number of benzene rings is 1. The van der Waals surface area contributed by atoms with Crippen LogP contribution < -0.4 is 10.6 Å². The molecule has 0 aromatic heterocycles. The van der Waals surface area contributed by atoms with Crippen molar-refractivity contribution in [3.8, 4) is 5.75 Å². The summed E-state index contributed by atoms with van der Waals surface area (Å²) in [7, 11) is 0. The van der Waals surface area contributed by atoms with Crippen LogP contribution in [-0.4, -0.2) is 24.1 Å². The van der Waals surface area contributed by atoms with E-state index < -0.39 is 0 Å². The third-order valence-electron chi connectivity index (χ3n) is 3.80. The second kappa shape index (κ2) is 5.61. The van der Waals surface area contributed by atoms with Gasteiger partial charge in [0.25, 0.3) is 0 Å². The number of carbonyl (C=O) groups excluding carboxylic acids is 1. The average molecular weight is 262 g/mol. The quantitative estimate of drug-likeness (QED) is 0.777. The van der Waals surface area contributed by atoms with E-state index in [9.17, 15) is 9.90 Å². The lowest BCUT2D eigenvalue weighted by molar-refractivity contribution is -0.120. The number of phenolic OH excluding ortho intramolecular Hbond substituents is 1. The minimum Gasteiger partial charge on any atom is -0.508 e. The Hall–Kier alpha value is -1.55. The van der Waals surface area contributed by atoms with Gasteiger partial charge in [0.2, 0.25) is 5.91 Å². The van der Waals surface area contributed by atoms with E-state index in [0.717, 1.165) is 12.0 Å². The molecular weight excluding hydrogens is 240 g/mol. The largest absolute Gasteiger partial charge is 0.508 e. The number of carbonyl (C=O) groups is 1. The molecule has 19 heavy (non-hydrogen) atoms. The number of phenols is 1. The van der Waals surface area contributed by atoms with Crippen LogP contribution in [0.15, 0.2) is 12.1 Å². The molecule has 0 aliphatic heterocycles. The highest BCUT2D eigenvalue weighted by atomic mass is 16.3. The Bertz CT molecular complexity index is 485. The van der Waals surface area contributed by atoms with Gasteiger partial charge in [-0.05, 0) is 43.4 Å². The van der Waals surface area contributed by atoms with Crippen molar-refractivity contribution >= 4 is 5.91 Å². The Morgan fingerprint density at radius 1 is 1.42 bits per heavy atom. The Morgan fingerprint density at radius 2 is 2.16 bits per heavy atom. The molecule has 2 atom stereocenters. The van der Waals surface area contributed by atoms with Gasteiger partial charge in [-0.3, -0.25) is 4.79 Å². The molecule has 0 saturated heterocycles. The van der Waals surface area contributed by atoms with E-state index >= 15 is 0 Å². The fraction of sp³-hybridized carbons (Fsp3) is 0.533. The second-order valence-electron chi connectivity index (χ2n) is 5.25. The standard InChI is InChI=1S/C15H22N2O2/c1-4-16-13(19)8-17-11-7-10(3)14-9(2)5-6-12(18)15(11)14/h5-6,10-11,17-18H,4,7-8H2,1-3H3,(H,16,19). The number of fused-ring (bicyclic) bond motifs is 1. The van der Waals surface area contributed by atoms with E-state index in [1.54, 1.807) is 6.07 Å². The lowest BCUT2D eigenvalue weighted by Gasteiger charge is -2.15. The molecule has 0 fully saturated rings. The highest BCUT2D eigenvalue weighted by Gasteiger charge is 2.32. The van der Waals surface area contributed by atoms with Crippen molar-refractivity contribution < 1.29 is 9.90 Å². The summed E-state index contributed by atoms with van der Waals surface area (Å²) in [4.78, 5) is 11.5. The Morgan fingerprint density at radius 3 is 2.84 bits per heavy atom. The third-order valence-corrected chi connectivity index (χ3v) is 3.80. The first-order valence-electron chi connectivity index (χ1n) is 6.87. The number of likely N-dealkylation sites (N-methyl/N-ethyl adjacent to an activating group) is 1. The summed E-state index contributed by atoms with van der Waals surface area (Å²) in [5.41, 5.74) is 3.41. The maximum atomic E-state index is 11.5. The van der Waals surface area contributed by atoms with Gasteiger partial charge in [-0.2, -0.15) is 0 Å². The minimum absolute atomic E-state index is 0.00394. The highest BCUT2D eigenvalue weighted by molar-refractivity contribution is 5.78. The fourth-order valence-electron chi connectivity index (χ4n) is 3.00. The molecule has 0 saturated carbocycles. The number of rotatable bonds is 4. The highest BCUT2D eigenvalue weighted by Crippen LogP contribution is 2.45. The third kappa shape index (κ3) is 2.73. The SMILES string of the molecule is CCNC(=O)CNC1CC(C)c2c(C)ccc(O)c21. The minimum atomic E-state index is -0.00394. The fourth-order valence-corrected chi connectivity index (χ4v) is 3.00. The molecule has 1 aliphatic carbocycles. The average Bonchev–Trinajstić information content (AvgIpc) is 2.70. The van der Waals surface area contributed by atoms with Crippen molar-refractivity contribution in [2.24, 2.45) is 0 Å². The zero-order valence-electron chi connectivity index (χ0n) is 11.8. The van der Waals surface area contributed by atoms with Crippen molar-refractivity contribution in [2.45, 2.75) is 39.2 Å². The van der Waals surface area contributed by atoms with Gasteiger partial charge in [-0.25, -0.2) is 0 Å². The Kier molecular flexibility index (Phi) is 4.10. The number of hydrogen-bond acceptors (Lipinski definition) is 3. The van der Waals surface area contributed by atoms with Crippen LogP contribution in [0.5, 0.6) is 5.75 Å². The number of amides is 1. The van der Waals surface area contributed by atoms with Crippen molar-refractivity contribution in [3.63, 3.8) is 0 Å². The maximum Gasteiger partial charge on any atom is 0.233 e. The summed E-state index contributed by atoms with van der Waals surface area (Å²) < 4.78 is 0. The molecule has 2 unspecified atom stereocenters. The van der Waals surface area contributed by atoms with Gasteiger partial charge in [-0.1, -0.05) is 13.0 Å². The molecule has 0 spiro atoms. The summed E-state index contributed by atoms with van der Waals surface area (Å²) in [6.07, 6.45) is 0.924. The molecule has 1 aliphatic rings. The predicted octanol–water partition coefficient (Wildman–Crippen LogP) is 1.97. The van der Waals surface area contributed by atoms with Crippen molar-refractivity contribution in [2.75, 3.05) is 13.1 Å². The molecule has 1 aromatic carbocycles. The van der Waals surface area contributed by atoms with Gasteiger partial charge in [0.1, 0.15) is 5.75 Å². The van der Waals surface area contributed by atoms with Crippen LogP contribution in [0.25, 0.3) is 0 Å². The summed E-state index contributed by atoms with van der Waals surface area (Å²) in [5, 5.41) is 16.1. The van der Waals surface area contributed by atoms with Crippen LogP contribution in [0.3, 0.4) is 0 Å². The van der Waals surface area contributed by atoms with E-state index in [0.29, 0.717) is 18.2 Å². The van der Waals surface area contributed by atoms with E-state index in [-0.39, 0.29) is 18.5 Å². The first-order chi connectivity index (χ1) is 9.04. The number of hydrogen-bond donors (Lipinski definition) is 3. The summed E-state index contributed by atoms with van der Waals surface area (Å²) in [6, 6.07) is 3.76. The summed E-state index contributed by atoms with van der Waals surface area (Å²) in [5.74, 6) is 0.739. The van der Waals surface area contributed by atoms with Gasteiger partial charge in [0.05, 0.1) is 6.54 Å². The van der Waals surface area contributed by atoms with E-state index in [4.69, 9.17) is 0 Å². The molecule has 3 N–H and O–H groups in total. The lowest BCUT2D eigenvalue weighted by atomic mass is 9.97. The van der Waals surface area contributed by atoms with Gasteiger partial charge in [0.15, 0.2) is 0 Å². The zero-order chi connectivity index (χ0) is 14.0. The number of aryl methyl sites for hydroxylation is 1. The van der Waals surface area contributed by atoms with E-state index in [2.05, 4.69) is 24.5 Å². The molecule has 4 heteroatoms. The van der Waals surface area contributed by atoms with Gasteiger partial charge in [0, 0.05) is 18.2 Å². The van der Waals surface area contributed by atoms with E-state index in [1.165, 1.54) is 11.1 Å². The van der Waals surface area contributed by atoms with Crippen LogP contribution in [0.1, 0.15) is 48.9 Å². The molecule has 1 aromatic rings. The molecule has 1 amide bonds. The molecule has 104 valence electrons.